The van der Waals surface area contributed by atoms with Crippen LogP contribution in [0.1, 0.15) is 6.04 Å². The third kappa shape index (κ3) is 2.50. The first-order valence-corrected chi connectivity index (χ1v) is 8.03. The quantitative estimate of drug-likeness (QED) is 0.842. The molecule has 1 fully saturated rings. The summed E-state index contributed by atoms with van der Waals surface area (Å²) in [6.45, 7) is 0.741. The molecule has 112 valence electrons. The molecule has 1 aromatic carbocycles. The van der Waals surface area contributed by atoms with E-state index in [2.05, 4.69) is 10.3 Å². The molecule has 0 bridgehead atoms. The van der Waals surface area contributed by atoms with Gasteiger partial charge in [-0.3, -0.25) is 0 Å². The molecule has 0 atom stereocenters. The molecule has 0 N–H and O–H groups in total. The summed E-state index contributed by atoms with van der Waals surface area (Å²) in [4.78, 5) is 0.158. The molecular formula is C12H13ClN4O3S. The Morgan fingerprint density at radius 3 is 2.71 bits per heavy atom. The fraction of sp³-hybridized carbons (Fsp3) is 0.333. The highest BCUT2D eigenvalue weighted by Gasteiger charge is 2.38. The van der Waals surface area contributed by atoms with Gasteiger partial charge in [0, 0.05) is 19.3 Å². The summed E-state index contributed by atoms with van der Waals surface area (Å²) in [5.74, 6) is 0.444. The standard InChI is InChI=1S/C12H13ClN4O3S/c1-20-12-3-2-10(6-11(12)13)21(18,19)16-7-9(8-16)17-5-4-14-15-17/h2-6,9H,7-8H2,1H3. The van der Waals surface area contributed by atoms with Crippen LogP contribution in [0.3, 0.4) is 0 Å². The van der Waals surface area contributed by atoms with Crippen molar-refractivity contribution in [2.75, 3.05) is 20.2 Å². The third-order valence-corrected chi connectivity index (χ3v) is 5.53. The summed E-state index contributed by atoms with van der Waals surface area (Å²) in [6, 6.07) is 4.46. The molecular weight excluding hydrogens is 316 g/mol. The van der Waals surface area contributed by atoms with Crippen molar-refractivity contribution < 1.29 is 13.2 Å². The summed E-state index contributed by atoms with van der Waals surface area (Å²) in [5, 5.41) is 7.86. The average molecular weight is 329 g/mol. The van der Waals surface area contributed by atoms with Crippen molar-refractivity contribution in [1.29, 1.82) is 0 Å². The minimum absolute atomic E-state index is 0.0241. The summed E-state index contributed by atoms with van der Waals surface area (Å²) >= 11 is 5.98. The number of aromatic nitrogens is 3. The van der Waals surface area contributed by atoms with Crippen molar-refractivity contribution in [2.24, 2.45) is 0 Å². The van der Waals surface area contributed by atoms with Gasteiger partial charge in [-0.25, -0.2) is 13.1 Å². The number of nitrogens with zero attached hydrogens (tertiary/aromatic N) is 4. The number of sulfonamides is 1. The van der Waals surface area contributed by atoms with Gasteiger partial charge in [-0.1, -0.05) is 16.8 Å². The summed E-state index contributed by atoms with van der Waals surface area (Å²) < 4.78 is 33.0. The smallest absolute Gasteiger partial charge is 0.243 e. The van der Waals surface area contributed by atoms with E-state index in [1.165, 1.54) is 23.5 Å². The molecule has 0 saturated carbocycles. The van der Waals surface area contributed by atoms with E-state index >= 15 is 0 Å². The molecule has 1 aliphatic heterocycles. The lowest BCUT2D eigenvalue weighted by atomic mass is 10.2. The summed E-state index contributed by atoms with van der Waals surface area (Å²) in [7, 11) is -2.06. The number of rotatable bonds is 4. The van der Waals surface area contributed by atoms with Crippen LogP contribution in [0.15, 0.2) is 35.5 Å². The number of ether oxygens (including phenoxy) is 1. The second-order valence-corrected chi connectivity index (χ2v) is 7.00. The van der Waals surface area contributed by atoms with E-state index in [9.17, 15) is 8.42 Å². The van der Waals surface area contributed by atoms with Crippen molar-refractivity contribution >= 4 is 21.6 Å². The fourth-order valence-electron chi connectivity index (χ4n) is 2.15. The second-order valence-electron chi connectivity index (χ2n) is 4.66. The van der Waals surface area contributed by atoms with Crippen LogP contribution in [0.5, 0.6) is 5.75 Å². The van der Waals surface area contributed by atoms with Crippen LogP contribution < -0.4 is 4.74 Å². The van der Waals surface area contributed by atoms with E-state index < -0.39 is 10.0 Å². The van der Waals surface area contributed by atoms with Crippen LogP contribution in [0, 0.1) is 0 Å². The van der Waals surface area contributed by atoms with E-state index in [1.807, 2.05) is 0 Å². The molecule has 0 spiro atoms. The van der Waals surface area contributed by atoms with Crippen molar-refractivity contribution in [3.05, 3.63) is 35.6 Å². The van der Waals surface area contributed by atoms with Gasteiger partial charge in [-0.15, -0.1) is 5.10 Å². The maximum atomic E-state index is 12.5. The van der Waals surface area contributed by atoms with Gasteiger partial charge in [0.25, 0.3) is 0 Å². The van der Waals surface area contributed by atoms with E-state index in [0.29, 0.717) is 18.8 Å². The SMILES string of the molecule is COc1ccc(S(=O)(=O)N2CC(n3ccnn3)C2)cc1Cl. The summed E-state index contributed by atoms with van der Waals surface area (Å²) in [5.41, 5.74) is 0. The predicted octanol–water partition coefficient (Wildman–Crippen LogP) is 1.19. The molecule has 2 aromatic rings. The lowest BCUT2D eigenvalue weighted by Gasteiger charge is -2.37. The van der Waals surface area contributed by atoms with Crippen LogP contribution in [-0.2, 0) is 10.0 Å². The first-order valence-electron chi connectivity index (χ1n) is 6.22. The molecule has 0 aliphatic carbocycles. The molecule has 3 rings (SSSR count). The van der Waals surface area contributed by atoms with Crippen molar-refractivity contribution in [2.45, 2.75) is 10.9 Å². The predicted molar refractivity (Wildman–Crippen MR) is 75.8 cm³/mol. The Labute approximate surface area is 127 Å². The van der Waals surface area contributed by atoms with Gasteiger partial charge < -0.3 is 4.74 Å². The topological polar surface area (TPSA) is 77.3 Å². The van der Waals surface area contributed by atoms with E-state index in [1.54, 1.807) is 23.1 Å². The molecule has 0 amide bonds. The second kappa shape index (κ2) is 5.28. The molecule has 1 aromatic heterocycles. The van der Waals surface area contributed by atoms with Gasteiger partial charge in [-0.05, 0) is 18.2 Å². The van der Waals surface area contributed by atoms with Gasteiger partial charge in [0.1, 0.15) is 5.75 Å². The molecule has 0 radical (unpaired) electrons. The van der Waals surface area contributed by atoms with Gasteiger partial charge in [0.05, 0.1) is 29.3 Å². The maximum Gasteiger partial charge on any atom is 0.243 e. The molecule has 21 heavy (non-hydrogen) atoms. The largest absolute Gasteiger partial charge is 0.495 e. The zero-order valence-corrected chi connectivity index (χ0v) is 12.8. The number of hydrogen-bond acceptors (Lipinski definition) is 5. The minimum Gasteiger partial charge on any atom is -0.495 e. The average Bonchev–Trinajstić information content (AvgIpc) is 2.90. The molecule has 1 aliphatic rings. The van der Waals surface area contributed by atoms with Crippen LogP contribution in [0.2, 0.25) is 5.02 Å². The lowest BCUT2D eigenvalue weighted by Crippen LogP contribution is -2.50. The molecule has 1 saturated heterocycles. The first-order chi connectivity index (χ1) is 10.0. The molecule has 2 heterocycles. The van der Waals surface area contributed by atoms with E-state index in [-0.39, 0.29) is 16.0 Å². The van der Waals surface area contributed by atoms with Gasteiger partial charge >= 0.3 is 0 Å². The van der Waals surface area contributed by atoms with Crippen LogP contribution in [-0.4, -0.2) is 47.9 Å². The van der Waals surface area contributed by atoms with Gasteiger partial charge in [0.2, 0.25) is 10.0 Å². The summed E-state index contributed by atoms with van der Waals surface area (Å²) in [6.07, 6.45) is 3.29. The number of benzene rings is 1. The zero-order valence-electron chi connectivity index (χ0n) is 11.2. The highest BCUT2D eigenvalue weighted by molar-refractivity contribution is 7.89. The maximum absolute atomic E-state index is 12.5. The number of hydrogen-bond donors (Lipinski definition) is 0. The van der Waals surface area contributed by atoms with E-state index in [4.69, 9.17) is 16.3 Å². The van der Waals surface area contributed by atoms with E-state index in [0.717, 1.165) is 0 Å². The first kappa shape index (κ1) is 14.3. The zero-order chi connectivity index (χ0) is 15.0. The van der Waals surface area contributed by atoms with Crippen LogP contribution in [0.25, 0.3) is 0 Å². The van der Waals surface area contributed by atoms with Crippen molar-refractivity contribution in [1.82, 2.24) is 19.3 Å². The van der Waals surface area contributed by atoms with Crippen molar-refractivity contribution in [3.63, 3.8) is 0 Å². The Kier molecular flexibility index (Phi) is 3.60. The minimum atomic E-state index is -3.54. The Morgan fingerprint density at radius 2 is 2.14 bits per heavy atom. The van der Waals surface area contributed by atoms with Crippen LogP contribution in [0.4, 0.5) is 0 Å². The fourth-order valence-corrected chi connectivity index (χ4v) is 4.01. The lowest BCUT2D eigenvalue weighted by molar-refractivity contribution is 0.189. The normalized spacial score (nSPS) is 16.7. The monoisotopic (exact) mass is 328 g/mol. The highest BCUT2D eigenvalue weighted by atomic mass is 35.5. The molecule has 7 nitrogen and oxygen atoms in total. The van der Waals surface area contributed by atoms with Crippen molar-refractivity contribution in [3.8, 4) is 5.75 Å². The highest BCUT2D eigenvalue weighted by Crippen LogP contribution is 2.31. The van der Waals surface area contributed by atoms with Gasteiger partial charge in [-0.2, -0.15) is 4.31 Å². The third-order valence-electron chi connectivity index (χ3n) is 3.40. The number of halogens is 1. The van der Waals surface area contributed by atoms with Gasteiger partial charge in [0.15, 0.2) is 0 Å². The molecule has 9 heteroatoms. The Hall–Kier alpha value is -1.64. The van der Waals surface area contributed by atoms with Crippen LogP contribution >= 0.6 is 11.6 Å². The Bertz CT molecular complexity index is 742. The Balaban J connectivity index is 1.78. The Morgan fingerprint density at radius 1 is 1.38 bits per heavy atom. The number of methoxy groups -OCH3 is 1. The molecule has 0 unspecified atom stereocenters.